The number of hydrogen-bond acceptors (Lipinski definition) is 4. The molecule has 3 heterocycles. The minimum absolute atomic E-state index is 0.0258. The maximum absolute atomic E-state index is 15.4. The van der Waals surface area contributed by atoms with Gasteiger partial charge in [-0.2, -0.15) is 0 Å². The monoisotopic (exact) mass is 500 g/mol. The molecule has 0 radical (unpaired) electrons. The topological polar surface area (TPSA) is 34.5 Å². The molecule has 2 aliphatic heterocycles. The van der Waals surface area contributed by atoms with E-state index < -0.39 is 17.5 Å². The van der Waals surface area contributed by atoms with Crippen LogP contribution in [0.5, 0.6) is 5.75 Å². The number of benzene rings is 2. The van der Waals surface area contributed by atoms with Crippen molar-refractivity contribution in [3.05, 3.63) is 80.9 Å². The Morgan fingerprint density at radius 3 is 2.40 bits per heavy atom. The van der Waals surface area contributed by atoms with Crippen molar-refractivity contribution in [3.8, 4) is 16.9 Å². The smallest absolute Gasteiger partial charge is 0.260 e. The van der Waals surface area contributed by atoms with Crippen LogP contribution in [0.15, 0.2) is 46.2 Å². The van der Waals surface area contributed by atoms with E-state index in [-0.39, 0.29) is 40.5 Å². The summed E-state index contributed by atoms with van der Waals surface area (Å²) >= 11 is 1.53. The number of methoxy groups -OCH3 is 1. The van der Waals surface area contributed by atoms with E-state index in [1.807, 2.05) is 0 Å². The van der Waals surface area contributed by atoms with Gasteiger partial charge in [0.15, 0.2) is 11.6 Å². The van der Waals surface area contributed by atoms with Gasteiger partial charge >= 0.3 is 0 Å². The highest BCUT2D eigenvalue weighted by molar-refractivity contribution is 7.99. The number of ether oxygens (including phenoxy) is 1. The Hall–Kier alpha value is -2.71. The number of fused-ring (bicyclic) bond motifs is 1. The van der Waals surface area contributed by atoms with Gasteiger partial charge in [0.05, 0.1) is 23.7 Å². The van der Waals surface area contributed by atoms with E-state index in [1.54, 1.807) is 23.6 Å². The second kappa shape index (κ2) is 9.74. The van der Waals surface area contributed by atoms with Crippen molar-refractivity contribution in [1.29, 1.82) is 0 Å². The van der Waals surface area contributed by atoms with Crippen LogP contribution in [-0.4, -0.2) is 42.0 Å². The summed E-state index contributed by atoms with van der Waals surface area (Å²) in [7, 11) is 1.37. The van der Waals surface area contributed by atoms with Gasteiger partial charge in [-0.05, 0) is 62.2 Å². The molecule has 4 nitrogen and oxygen atoms in total. The quantitative estimate of drug-likeness (QED) is 0.443. The zero-order valence-corrected chi connectivity index (χ0v) is 20.6. The molecule has 35 heavy (non-hydrogen) atoms. The lowest BCUT2D eigenvalue weighted by molar-refractivity contribution is 0.285. The van der Waals surface area contributed by atoms with Gasteiger partial charge in [0.1, 0.15) is 11.6 Å². The number of pyridine rings is 1. The minimum atomic E-state index is -0.639. The van der Waals surface area contributed by atoms with Crippen molar-refractivity contribution in [2.75, 3.05) is 32.5 Å². The van der Waals surface area contributed by atoms with Crippen LogP contribution in [0.4, 0.5) is 13.2 Å². The number of thioether (sulfide) groups is 1. The Labute approximate surface area is 206 Å². The average molecular weight is 501 g/mol. The van der Waals surface area contributed by atoms with Crippen LogP contribution in [0, 0.1) is 24.4 Å². The number of likely N-dealkylation sites (tertiary alicyclic amines) is 1. The number of halogens is 3. The van der Waals surface area contributed by atoms with E-state index in [9.17, 15) is 13.6 Å². The van der Waals surface area contributed by atoms with E-state index in [4.69, 9.17) is 4.74 Å². The number of aromatic nitrogens is 1. The molecule has 0 spiro atoms. The normalized spacial score (nSPS) is 17.7. The van der Waals surface area contributed by atoms with Crippen LogP contribution in [-0.2, 0) is 6.42 Å². The second-order valence-electron chi connectivity index (χ2n) is 9.13. The maximum Gasteiger partial charge on any atom is 0.260 e. The molecule has 1 aromatic heterocycles. The summed E-state index contributed by atoms with van der Waals surface area (Å²) in [5, 5.41) is 0.714. The van der Waals surface area contributed by atoms with Gasteiger partial charge in [0, 0.05) is 29.8 Å². The molecule has 1 fully saturated rings. The van der Waals surface area contributed by atoms with E-state index >= 15 is 4.39 Å². The number of hydrogen-bond donors (Lipinski definition) is 0. The van der Waals surface area contributed by atoms with Crippen molar-refractivity contribution in [1.82, 2.24) is 9.47 Å². The fourth-order valence-electron chi connectivity index (χ4n) is 5.23. The van der Waals surface area contributed by atoms with E-state index in [0.717, 1.165) is 32.5 Å². The molecule has 1 atom stereocenters. The summed E-state index contributed by atoms with van der Waals surface area (Å²) in [6, 6.07) is 8.39. The lowest BCUT2D eigenvalue weighted by Crippen LogP contribution is -2.34. The Bertz CT molecular complexity index is 1310. The Morgan fingerprint density at radius 1 is 1.03 bits per heavy atom. The summed E-state index contributed by atoms with van der Waals surface area (Å²) in [6.45, 7) is 4.43. The van der Waals surface area contributed by atoms with Gasteiger partial charge in [-0.25, -0.2) is 13.2 Å². The van der Waals surface area contributed by atoms with Crippen LogP contribution in [0.2, 0.25) is 0 Å². The van der Waals surface area contributed by atoms with E-state index in [1.165, 1.54) is 43.1 Å². The second-order valence-corrected chi connectivity index (χ2v) is 10.1. The molecular weight excluding hydrogens is 473 g/mol. The van der Waals surface area contributed by atoms with Gasteiger partial charge in [-0.1, -0.05) is 18.2 Å². The number of rotatable bonds is 6. The summed E-state index contributed by atoms with van der Waals surface area (Å²) < 4.78 is 51.5. The zero-order chi connectivity index (χ0) is 24.7. The van der Waals surface area contributed by atoms with E-state index in [0.29, 0.717) is 21.9 Å². The standard InChI is InChI=1S/C27H27F3N2O2S/c1-16-19(13-20-21(28)8-6-9-22(20)29)27-32(17(15-35-27)14-31-11-3-4-12-31)26(33)24(16)18-7-5-10-23(34-2)25(18)30/h5-10,17H,3-4,11-15H2,1-2H3. The highest BCUT2D eigenvalue weighted by Crippen LogP contribution is 2.41. The molecule has 8 heteroatoms. The fraction of sp³-hybridized carbons (Fsp3) is 0.370. The summed E-state index contributed by atoms with van der Waals surface area (Å²) in [4.78, 5) is 16.3. The van der Waals surface area contributed by atoms with Crippen LogP contribution < -0.4 is 10.3 Å². The third-order valence-electron chi connectivity index (χ3n) is 7.05. The molecule has 2 aromatic carbocycles. The van der Waals surface area contributed by atoms with Gasteiger partial charge in [0.2, 0.25) is 0 Å². The first kappa shape index (κ1) is 24.0. The van der Waals surface area contributed by atoms with Crippen molar-refractivity contribution in [2.45, 2.75) is 37.3 Å². The first-order chi connectivity index (χ1) is 16.9. The van der Waals surface area contributed by atoms with Crippen molar-refractivity contribution >= 4 is 11.8 Å². The van der Waals surface area contributed by atoms with E-state index in [2.05, 4.69) is 4.90 Å². The summed E-state index contributed by atoms with van der Waals surface area (Å²) in [6.07, 6.45) is 2.24. The molecule has 0 bridgehead atoms. The first-order valence-electron chi connectivity index (χ1n) is 11.8. The highest BCUT2D eigenvalue weighted by atomic mass is 32.2. The molecule has 0 amide bonds. The van der Waals surface area contributed by atoms with Crippen LogP contribution >= 0.6 is 11.8 Å². The Balaban J connectivity index is 1.72. The van der Waals surface area contributed by atoms with Gasteiger partial charge in [0.25, 0.3) is 5.56 Å². The molecule has 3 aromatic rings. The zero-order valence-electron chi connectivity index (χ0n) is 19.7. The molecular formula is C27H27F3N2O2S. The lowest BCUT2D eigenvalue weighted by Gasteiger charge is -2.24. The molecule has 2 aliphatic rings. The third-order valence-corrected chi connectivity index (χ3v) is 8.32. The largest absolute Gasteiger partial charge is 0.494 e. The van der Waals surface area contributed by atoms with Gasteiger partial charge in [-0.3, -0.25) is 9.36 Å². The minimum Gasteiger partial charge on any atom is -0.494 e. The molecule has 0 N–H and O–H groups in total. The molecule has 1 saturated heterocycles. The average Bonchev–Trinajstić information content (AvgIpc) is 3.50. The van der Waals surface area contributed by atoms with Crippen LogP contribution in [0.25, 0.3) is 11.1 Å². The van der Waals surface area contributed by atoms with Crippen molar-refractivity contribution < 1.29 is 17.9 Å². The fourth-order valence-corrected chi connectivity index (χ4v) is 6.61. The Morgan fingerprint density at radius 2 is 1.71 bits per heavy atom. The molecule has 5 rings (SSSR count). The van der Waals surface area contributed by atoms with Gasteiger partial charge < -0.3 is 9.64 Å². The number of nitrogens with zero attached hydrogens (tertiary/aromatic N) is 2. The third kappa shape index (κ3) is 4.27. The summed E-state index contributed by atoms with van der Waals surface area (Å²) in [5.41, 5.74) is 1.19. The predicted octanol–water partition coefficient (Wildman–Crippen LogP) is 5.58. The highest BCUT2D eigenvalue weighted by Gasteiger charge is 2.33. The van der Waals surface area contributed by atoms with Crippen molar-refractivity contribution in [3.63, 3.8) is 0 Å². The van der Waals surface area contributed by atoms with Crippen LogP contribution in [0.1, 0.15) is 35.6 Å². The molecule has 0 aliphatic carbocycles. The van der Waals surface area contributed by atoms with Crippen molar-refractivity contribution in [2.24, 2.45) is 0 Å². The summed E-state index contributed by atoms with van der Waals surface area (Å²) in [5.74, 6) is -1.18. The SMILES string of the molecule is COc1cccc(-c2c(C)c(Cc3c(F)cccc3F)c3n(c2=O)C(CN2CCCC2)CS3)c1F. The maximum atomic E-state index is 15.4. The predicted molar refractivity (Wildman–Crippen MR) is 132 cm³/mol. The molecule has 0 saturated carbocycles. The molecule has 184 valence electrons. The Kier molecular flexibility index (Phi) is 6.68. The van der Waals surface area contributed by atoms with Crippen LogP contribution in [0.3, 0.4) is 0 Å². The van der Waals surface area contributed by atoms with Gasteiger partial charge in [-0.15, -0.1) is 11.8 Å². The molecule has 1 unspecified atom stereocenters. The first-order valence-corrected chi connectivity index (χ1v) is 12.8. The lowest BCUT2D eigenvalue weighted by atomic mass is 9.94.